The quantitative estimate of drug-likeness (QED) is 0.163. The summed E-state index contributed by atoms with van der Waals surface area (Å²) in [6, 6.07) is 0. The third kappa shape index (κ3) is 14.7. The smallest absolute Gasteiger partial charge is 0.306 e. The monoisotopic (exact) mass is 469 g/mol. The van der Waals surface area contributed by atoms with Crippen LogP contribution >= 0.6 is 0 Å². The summed E-state index contributed by atoms with van der Waals surface area (Å²) in [7, 11) is 4.08. The van der Waals surface area contributed by atoms with E-state index in [4.69, 9.17) is 14.2 Å². The van der Waals surface area contributed by atoms with Crippen LogP contribution in [0, 0.1) is 5.92 Å². The zero-order valence-corrected chi connectivity index (χ0v) is 21.9. The number of ether oxygens (including phenoxy) is 3. The zero-order chi connectivity index (χ0) is 24.3. The van der Waals surface area contributed by atoms with Crippen LogP contribution in [0.5, 0.6) is 0 Å². The van der Waals surface area contributed by atoms with Gasteiger partial charge in [-0.3, -0.25) is 9.59 Å². The van der Waals surface area contributed by atoms with Gasteiger partial charge in [0.1, 0.15) is 18.8 Å². The van der Waals surface area contributed by atoms with Crippen molar-refractivity contribution in [2.75, 3.05) is 33.9 Å². The number of hydrogen-bond donors (Lipinski definition) is 0. The predicted octanol–water partition coefficient (Wildman–Crippen LogP) is 5.91. The van der Waals surface area contributed by atoms with E-state index in [2.05, 4.69) is 18.7 Å². The van der Waals surface area contributed by atoms with Crippen LogP contribution in [0.15, 0.2) is 0 Å². The van der Waals surface area contributed by atoms with E-state index in [-0.39, 0.29) is 36.7 Å². The summed E-state index contributed by atoms with van der Waals surface area (Å²) < 4.78 is 17.3. The number of carbonyl (C=O) groups excluding carboxylic acids is 2. The lowest BCUT2D eigenvalue weighted by Gasteiger charge is -2.24. The van der Waals surface area contributed by atoms with Crippen molar-refractivity contribution >= 4 is 11.9 Å². The second kappa shape index (κ2) is 19.2. The molecule has 0 aromatic rings. The van der Waals surface area contributed by atoms with E-state index in [9.17, 15) is 9.59 Å². The Labute approximate surface area is 203 Å². The van der Waals surface area contributed by atoms with E-state index in [1.807, 2.05) is 14.1 Å². The van der Waals surface area contributed by atoms with E-state index in [1.165, 1.54) is 51.4 Å². The SMILES string of the molecule is CCCCCCCCC(=O)OC[C@H]1OCC(CCN(C)C)[C@@H]1OC(=O)CCCCCCCC. The Balaban J connectivity index is 2.41. The van der Waals surface area contributed by atoms with Crippen LogP contribution in [-0.2, 0) is 23.8 Å². The molecule has 0 aromatic heterocycles. The molecule has 1 aliphatic heterocycles. The predicted molar refractivity (Wildman–Crippen MR) is 133 cm³/mol. The minimum atomic E-state index is -0.362. The minimum Gasteiger partial charge on any atom is -0.463 e. The van der Waals surface area contributed by atoms with E-state index in [0.717, 1.165) is 38.6 Å². The molecule has 0 amide bonds. The van der Waals surface area contributed by atoms with Gasteiger partial charge in [-0.15, -0.1) is 0 Å². The molecular formula is C27H51NO5. The Morgan fingerprint density at radius 3 is 1.94 bits per heavy atom. The van der Waals surface area contributed by atoms with Gasteiger partial charge < -0.3 is 19.1 Å². The summed E-state index contributed by atoms with van der Waals surface area (Å²) in [4.78, 5) is 26.8. The molecule has 1 unspecified atom stereocenters. The third-order valence-corrected chi connectivity index (χ3v) is 6.45. The van der Waals surface area contributed by atoms with E-state index in [0.29, 0.717) is 19.4 Å². The van der Waals surface area contributed by atoms with Gasteiger partial charge in [0.25, 0.3) is 0 Å². The molecule has 6 nitrogen and oxygen atoms in total. The first kappa shape index (κ1) is 29.9. The number of rotatable bonds is 20. The Morgan fingerprint density at radius 1 is 0.818 bits per heavy atom. The van der Waals surface area contributed by atoms with Gasteiger partial charge in [0.2, 0.25) is 0 Å². The fourth-order valence-electron chi connectivity index (χ4n) is 4.28. The number of hydrogen-bond acceptors (Lipinski definition) is 6. The van der Waals surface area contributed by atoms with Crippen molar-refractivity contribution in [3.63, 3.8) is 0 Å². The molecule has 194 valence electrons. The molecule has 1 heterocycles. The van der Waals surface area contributed by atoms with Crippen LogP contribution in [0.4, 0.5) is 0 Å². The van der Waals surface area contributed by atoms with Crippen LogP contribution in [-0.4, -0.2) is 62.9 Å². The normalized spacial score (nSPS) is 20.3. The van der Waals surface area contributed by atoms with Crippen molar-refractivity contribution in [1.82, 2.24) is 4.90 Å². The average Bonchev–Trinajstić information content (AvgIpc) is 3.16. The molecule has 3 atom stereocenters. The first-order valence-electron chi connectivity index (χ1n) is 13.6. The standard InChI is InChI=1S/C27H51NO5/c1-5-7-9-11-13-15-17-25(29)32-22-24-27(23(21-31-24)19-20-28(3)4)33-26(30)18-16-14-12-10-8-6-2/h23-24,27H,5-22H2,1-4H3/t23?,24-,27+/m1/s1. The van der Waals surface area contributed by atoms with Gasteiger partial charge in [-0.25, -0.2) is 0 Å². The molecule has 0 radical (unpaired) electrons. The number of unbranched alkanes of at least 4 members (excludes halogenated alkanes) is 10. The molecule has 1 rings (SSSR count). The maximum Gasteiger partial charge on any atom is 0.306 e. The molecule has 0 saturated carbocycles. The van der Waals surface area contributed by atoms with Crippen molar-refractivity contribution in [2.45, 2.75) is 122 Å². The van der Waals surface area contributed by atoms with E-state index >= 15 is 0 Å². The molecule has 33 heavy (non-hydrogen) atoms. The Morgan fingerprint density at radius 2 is 1.36 bits per heavy atom. The fourth-order valence-corrected chi connectivity index (χ4v) is 4.28. The van der Waals surface area contributed by atoms with Gasteiger partial charge in [-0.1, -0.05) is 78.1 Å². The maximum atomic E-state index is 12.5. The highest BCUT2D eigenvalue weighted by atomic mass is 16.6. The summed E-state index contributed by atoms with van der Waals surface area (Å²) >= 11 is 0. The summed E-state index contributed by atoms with van der Waals surface area (Å²) in [5.74, 6) is -0.189. The van der Waals surface area contributed by atoms with Crippen LogP contribution in [0.2, 0.25) is 0 Å². The van der Waals surface area contributed by atoms with Crippen LogP contribution in [0.25, 0.3) is 0 Å². The summed E-state index contributed by atoms with van der Waals surface area (Å²) in [5.41, 5.74) is 0. The molecule has 0 aliphatic carbocycles. The highest BCUT2D eigenvalue weighted by Crippen LogP contribution is 2.28. The van der Waals surface area contributed by atoms with Gasteiger partial charge in [0.05, 0.1) is 6.61 Å². The molecule has 1 aliphatic rings. The van der Waals surface area contributed by atoms with E-state index in [1.54, 1.807) is 0 Å². The van der Waals surface area contributed by atoms with Crippen LogP contribution in [0.3, 0.4) is 0 Å². The lowest BCUT2D eigenvalue weighted by Crippen LogP contribution is -2.36. The van der Waals surface area contributed by atoms with Gasteiger partial charge in [0.15, 0.2) is 0 Å². The van der Waals surface area contributed by atoms with Crippen molar-refractivity contribution in [3.8, 4) is 0 Å². The molecule has 6 heteroatoms. The Kier molecular flexibility index (Phi) is 17.4. The molecule has 0 N–H and O–H groups in total. The second-order valence-electron chi connectivity index (χ2n) is 9.90. The minimum absolute atomic E-state index is 0.142. The molecule has 1 saturated heterocycles. The van der Waals surface area contributed by atoms with Gasteiger partial charge in [0, 0.05) is 18.8 Å². The molecular weight excluding hydrogens is 418 g/mol. The molecule has 0 bridgehead atoms. The van der Waals surface area contributed by atoms with Crippen molar-refractivity contribution in [1.29, 1.82) is 0 Å². The lowest BCUT2D eigenvalue weighted by atomic mass is 9.98. The van der Waals surface area contributed by atoms with E-state index < -0.39 is 0 Å². The second-order valence-corrected chi connectivity index (χ2v) is 9.90. The number of nitrogens with zero attached hydrogens (tertiary/aromatic N) is 1. The average molecular weight is 470 g/mol. The first-order chi connectivity index (χ1) is 16.0. The number of esters is 2. The third-order valence-electron chi connectivity index (χ3n) is 6.45. The summed E-state index contributed by atoms with van der Waals surface area (Å²) in [6.45, 7) is 6.03. The Hall–Kier alpha value is -1.14. The first-order valence-corrected chi connectivity index (χ1v) is 13.6. The fraction of sp³-hybridized carbons (Fsp3) is 0.926. The largest absolute Gasteiger partial charge is 0.463 e. The highest BCUT2D eigenvalue weighted by molar-refractivity contribution is 5.70. The molecule has 1 fully saturated rings. The molecule has 0 spiro atoms. The summed E-state index contributed by atoms with van der Waals surface area (Å²) in [6.07, 6.45) is 14.8. The van der Waals surface area contributed by atoms with Crippen molar-refractivity contribution < 1.29 is 23.8 Å². The van der Waals surface area contributed by atoms with Crippen molar-refractivity contribution in [3.05, 3.63) is 0 Å². The zero-order valence-electron chi connectivity index (χ0n) is 21.9. The maximum absolute atomic E-state index is 12.5. The Bertz CT molecular complexity index is 511. The topological polar surface area (TPSA) is 65.1 Å². The van der Waals surface area contributed by atoms with Gasteiger partial charge in [-0.05, 0) is 39.9 Å². The van der Waals surface area contributed by atoms with Crippen LogP contribution < -0.4 is 0 Å². The molecule has 0 aromatic carbocycles. The number of carbonyl (C=O) groups is 2. The van der Waals surface area contributed by atoms with Gasteiger partial charge in [-0.2, -0.15) is 0 Å². The van der Waals surface area contributed by atoms with Crippen LogP contribution in [0.1, 0.15) is 110 Å². The van der Waals surface area contributed by atoms with Gasteiger partial charge >= 0.3 is 11.9 Å². The highest BCUT2D eigenvalue weighted by Gasteiger charge is 2.40. The lowest BCUT2D eigenvalue weighted by molar-refractivity contribution is -0.158. The van der Waals surface area contributed by atoms with Crippen molar-refractivity contribution in [2.24, 2.45) is 5.92 Å². The summed E-state index contributed by atoms with van der Waals surface area (Å²) in [5, 5.41) is 0.